The third kappa shape index (κ3) is 8.22. The number of hydrogen-bond acceptors (Lipinski definition) is 1. The van der Waals surface area contributed by atoms with Gasteiger partial charge in [0.15, 0.2) is 0 Å². The predicted molar refractivity (Wildman–Crippen MR) is 363 cm³/mol. The van der Waals surface area contributed by atoms with Crippen molar-refractivity contribution in [2.75, 3.05) is 4.90 Å². The van der Waals surface area contributed by atoms with Crippen molar-refractivity contribution in [3.05, 3.63) is 328 Å². The maximum absolute atomic E-state index is 2.47. The topological polar surface area (TPSA) is 18.0 Å². The quantitative estimate of drug-likeness (QED) is 0.133. The van der Waals surface area contributed by atoms with Gasteiger partial charge >= 0.3 is 0 Å². The second-order valence-corrected chi connectivity index (χ2v) is 22.5. The molecule has 0 saturated heterocycles. The van der Waals surface area contributed by atoms with E-state index >= 15 is 0 Å². The van der Waals surface area contributed by atoms with Crippen molar-refractivity contribution < 1.29 is 0 Å². The minimum Gasteiger partial charge on any atom is -0.311 e. The Balaban J connectivity index is 0.831. The molecule has 17 rings (SSSR count). The van der Waals surface area contributed by atoms with Crippen molar-refractivity contribution in [1.29, 1.82) is 0 Å². The van der Waals surface area contributed by atoms with E-state index in [9.17, 15) is 0 Å². The van der Waals surface area contributed by atoms with Crippen molar-refractivity contribution in [3.8, 4) is 61.6 Å². The van der Waals surface area contributed by atoms with E-state index in [1.807, 2.05) is 0 Å². The molecule has 4 heteroatoms. The van der Waals surface area contributed by atoms with Gasteiger partial charge in [-0.05, 0) is 195 Å². The van der Waals surface area contributed by atoms with E-state index in [-0.39, 0.29) is 0 Å². The van der Waals surface area contributed by atoms with Gasteiger partial charge in [-0.1, -0.05) is 188 Å². The monoisotopic (exact) mass is 1090 g/mol. The number of anilines is 3. The molecule has 0 N–H and O–H groups in total. The second kappa shape index (κ2) is 20.2. The first-order valence-electron chi connectivity index (χ1n) is 29.6. The fourth-order valence-electron chi connectivity index (χ4n) is 13.6. The lowest BCUT2D eigenvalue weighted by Gasteiger charge is -2.25. The SMILES string of the molecule is c1ccc(-c2cc(-c3ccc4ccccc4c3)cc(-n3c4ccccc4c4cc(-c5cc(-c6ccc7c(c6)c6ccccc6n7-c6ccc(N(c7ccccc7)c7ccccc7)cc6)cc(-n6c7ccccc7c7ccccc76)c5)ccc43)c2)cc1. The van der Waals surface area contributed by atoms with Crippen LogP contribution in [0.2, 0.25) is 0 Å². The Kier molecular flexibility index (Phi) is 11.5. The van der Waals surface area contributed by atoms with E-state index in [4.69, 9.17) is 0 Å². The third-order valence-corrected chi connectivity index (χ3v) is 17.5. The van der Waals surface area contributed by atoms with E-state index in [2.05, 4.69) is 346 Å². The zero-order valence-electron chi connectivity index (χ0n) is 47.0. The molecule has 0 aliphatic carbocycles. The Labute approximate surface area is 498 Å². The van der Waals surface area contributed by atoms with E-state index in [1.165, 1.54) is 87.4 Å². The van der Waals surface area contributed by atoms with Crippen LogP contribution in [-0.4, -0.2) is 13.7 Å². The van der Waals surface area contributed by atoms with Gasteiger partial charge in [-0.2, -0.15) is 0 Å². The van der Waals surface area contributed by atoms with Crippen LogP contribution in [0.25, 0.3) is 138 Å². The minimum atomic E-state index is 1.10. The summed E-state index contributed by atoms with van der Waals surface area (Å²) in [5.74, 6) is 0. The fraction of sp³-hybridized carbons (Fsp3) is 0. The number of rotatable bonds is 10. The van der Waals surface area contributed by atoms with Crippen LogP contribution >= 0.6 is 0 Å². The Morgan fingerprint density at radius 2 is 0.512 bits per heavy atom. The third-order valence-electron chi connectivity index (χ3n) is 17.5. The summed E-state index contributed by atoms with van der Waals surface area (Å²) in [6.07, 6.45) is 0. The number of fused-ring (bicyclic) bond motifs is 10. The molecule has 3 heterocycles. The van der Waals surface area contributed by atoms with E-state index < -0.39 is 0 Å². The highest BCUT2D eigenvalue weighted by molar-refractivity contribution is 6.13. The zero-order valence-corrected chi connectivity index (χ0v) is 47.0. The fourth-order valence-corrected chi connectivity index (χ4v) is 13.6. The smallest absolute Gasteiger partial charge is 0.0541 e. The van der Waals surface area contributed by atoms with Gasteiger partial charge in [-0.3, -0.25) is 0 Å². The zero-order chi connectivity index (χ0) is 56.7. The molecule has 0 unspecified atom stereocenters. The lowest BCUT2D eigenvalue weighted by molar-refractivity contribution is 1.17. The van der Waals surface area contributed by atoms with Gasteiger partial charge in [-0.25, -0.2) is 0 Å². The molecule has 0 amide bonds. The maximum atomic E-state index is 2.47. The molecule has 14 aromatic carbocycles. The van der Waals surface area contributed by atoms with Crippen LogP contribution in [0.4, 0.5) is 17.1 Å². The van der Waals surface area contributed by atoms with Gasteiger partial charge in [0.05, 0.1) is 33.1 Å². The second-order valence-electron chi connectivity index (χ2n) is 22.5. The molecule has 0 radical (unpaired) electrons. The van der Waals surface area contributed by atoms with Crippen LogP contribution in [0.15, 0.2) is 328 Å². The summed E-state index contributed by atoms with van der Waals surface area (Å²) in [6.45, 7) is 0. The van der Waals surface area contributed by atoms with Gasteiger partial charge in [-0.15, -0.1) is 0 Å². The van der Waals surface area contributed by atoms with Gasteiger partial charge in [0.1, 0.15) is 0 Å². The molecule has 0 saturated carbocycles. The van der Waals surface area contributed by atoms with Crippen LogP contribution in [0.1, 0.15) is 0 Å². The minimum absolute atomic E-state index is 1.10. The average Bonchev–Trinajstić information content (AvgIpc) is 2.09. The van der Waals surface area contributed by atoms with Crippen LogP contribution < -0.4 is 4.90 Å². The highest BCUT2D eigenvalue weighted by Gasteiger charge is 2.21. The van der Waals surface area contributed by atoms with Gasteiger partial charge in [0, 0.05) is 66.4 Å². The van der Waals surface area contributed by atoms with Crippen LogP contribution in [0.3, 0.4) is 0 Å². The van der Waals surface area contributed by atoms with Crippen LogP contribution in [0, 0.1) is 0 Å². The summed E-state index contributed by atoms with van der Waals surface area (Å²) in [5.41, 5.74) is 23.0. The molecule has 0 spiro atoms. The molecule has 0 fully saturated rings. The highest BCUT2D eigenvalue weighted by atomic mass is 15.1. The van der Waals surface area contributed by atoms with Gasteiger partial charge < -0.3 is 18.6 Å². The standard InChI is InChI=1S/C82H54N4/c1-4-20-55(21-5-1)61-47-62(58-37-36-56-22-10-11-23-57(56)46-58)50-69(49-61)86-80-35-19-15-31-74(80)76-54-60(39-45-82(76)86)64-48-63(51-70(52-64)85-77-32-16-12-28-71(77)72-29-13-17-33-78(72)85)59-38-44-81-75(53-59)73-30-14-18-34-79(73)84(81)68-42-40-67(41-43-68)83(65-24-6-2-7-25-65)66-26-8-3-9-27-66/h1-54H. The molecule has 3 aromatic heterocycles. The molecule has 0 bridgehead atoms. The Morgan fingerprint density at radius 3 is 0.988 bits per heavy atom. The summed E-state index contributed by atoms with van der Waals surface area (Å²) >= 11 is 0. The number of hydrogen-bond donors (Lipinski definition) is 0. The van der Waals surface area contributed by atoms with E-state index in [0.717, 1.165) is 67.4 Å². The summed E-state index contributed by atoms with van der Waals surface area (Å²) in [4.78, 5) is 2.31. The molecule has 0 atom stereocenters. The molecule has 0 aliphatic heterocycles. The van der Waals surface area contributed by atoms with Crippen LogP contribution in [0.5, 0.6) is 0 Å². The van der Waals surface area contributed by atoms with E-state index in [1.54, 1.807) is 0 Å². The Bertz CT molecular complexity index is 5360. The lowest BCUT2D eigenvalue weighted by Crippen LogP contribution is -2.09. The largest absolute Gasteiger partial charge is 0.311 e. The molecule has 17 aromatic rings. The molecule has 402 valence electrons. The summed E-state index contributed by atoms with van der Waals surface area (Å²) in [7, 11) is 0. The summed E-state index contributed by atoms with van der Waals surface area (Å²) < 4.78 is 7.34. The summed E-state index contributed by atoms with van der Waals surface area (Å²) in [6, 6.07) is 120. The van der Waals surface area contributed by atoms with Crippen molar-refractivity contribution in [2.24, 2.45) is 0 Å². The van der Waals surface area contributed by atoms with Crippen LogP contribution in [-0.2, 0) is 0 Å². The van der Waals surface area contributed by atoms with Crippen molar-refractivity contribution in [2.45, 2.75) is 0 Å². The first-order valence-corrected chi connectivity index (χ1v) is 29.6. The number of benzene rings is 14. The van der Waals surface area contributed by atoms with Crippen molar-refractivity contribution in [1.82, 2.24) is 13.7 Å². The molecule has 4 nitrogen and oxygen atoms in total. The Hall–Kier alpha value is -11.5. The Morgan fingerprint density at radius 1 is 0.174 bits per heavy atom. The average molecular weight is 1100 g/mol. The number of aromatic nitrogens is 3. The first kappa shape index (κ1) is 49.2. The molecular weight excluding hydrogens is 1040 g/mol. The van der Waals surface area contributed by atoms with Gasteiger partial charge in [0.25, 0.3) is 0 Å². The predicted octanol–water partition coefficient (Wildman–Crippen LogP) is 22.3. The first-order chi connectivity index (χ1) is 42.6. The molecular formula is C82H54N4. The maximum Gasteiger partial charge on any atom is 0.0541 e. The normalized spacial score (nSPS) is 11.7. The van der Waals surface area contributed by atoms with E-state index in [0.29, 0.717) is 0 Å². The van der Waals surface area contributed by atoms with Gasteiger partial charge in [0.2, 0.25) is 0 Å². The lowest BCUT2D eigenvalue weighted by atomic mass is 9.95. The molecule has 0 aliphatic rings. The molecule has 86 heavy (non-hydrogen) atoms. The van der Waals surface area contributed by atoms with Crippen molar-refractivity contribution in [3.63, 3.8) is 0 Å². The number of nitrogens with zero attached hydrogens (tertiary/aromatic N) is 4. The van der Waals surface area contributed by atoms with Crippen molar-refractivity contribution >= 4 is 93.3 Å². The highest BCUT2D eigenvalue weighted by Crippen LogP contribution is 2.43. The number of para-hydroxylation sites is 6. The summed E-state index contributed by atoms with van der Waals surface area (Å²) in [5, 5.41) is 9.77.